The fourth-order valence-corrected chi connectivity index (χ4v) is 3.16. The summed E-state index contributed by atoms with van der Waals surface area (Å²) in [4.78, 5) is 16.4. The molecule has 1 fully saturated rings. The molecule has 1 aliphatic carbocycles. The summed E-state index contributed by atoms with van der Waals surface area (Å²) in [5, 5.41) is 12.3. The van der Waals surface area contributed by atoms with Gasteiger partial charge in [-0.3, -0.25) is 9.78 Å². The van der Waals surface area contributed by atoms with Gasteiger partial charge in [0.25, 0.3) is 0 Å². The molecule has 0 bridgehead atoms. The molecule has 2 heterocycles. The maximum absolute atomic E-state index is 12.1. The van der Waals surface area contributed by atoms with Gasteiger partial charge in [-0.1, -0.05) is 36.7 Å². The van der Waals surface area contributed by atoms with Crippen molar-refractivity contribution in [2.24, 2.45) is 5.92 Å². The number of carbonyl (C=O) groups excluding carboxylic acids is 1. The molecule has 1 saturated carbocycles. The molecule has 0 spiro atoms. The molecule has 2 aromatic heterocycles. The normalized spacial score (nSPS) is 16.0. The molecule has 0 saturated heterocycles. The first-order valence-electron chi connectivity index (χ1n) is 6.89. The van der Waals surface area contributed by atoms with Crippen molar-refractivity contribution in [1.82, 2.24) is 15.2 Å². The van der Waals surface area contributed by atoms with E-state index < -0.39 is 0 Å². The summed E-state index contributed by atoms with van der Waals surface area (Å²) in [5.74, 6) is 0.208. The molecular formula is C14H16N4OS. The van der Waals surface area contributed by atoms with Gasteiger partial charge in [0.15, 0.2) is 5.01 Å². The number of hydrogen-bond donors (Lipinski definition) is 1. The van der Waals surface area contributed by atoms with Crippen molar-refractivity contribution in [1.29, 1.82) is 0 Å². The number of aromatic nitrogens is 3. The summed E-state index contributed by atoms with van der Waals surface area (Å²) in [6, 6.07) is 5.65. The van der Waals surface area contributed by atoms with Gasteiger partial charge in [-0.2, -0.15) is 0 Å². The fourth-order valence-electron chi connectivity index (χ4n) is 2.44. The van der Waals surface area contributed by atoms with Crippen LogP contribution in [-0.4, -0.2) is 21.1 Å². The standard InChI is InChI=1S/C14H16N4OS/c19-12(10-6-2-1-3-7-10)16-14-18-17-13(20-14)11-8-4-5-9-15-11/h4-5,8-10H,1-3,6-7H2,(H,16,18,19). The lowest BCUT2D eigenvalue weighted by molar-refractivity contribution is -0.120. The molecule has 1 aliphatic rings. The van der Waals surface area contributed by atoms with Gasteiger partial charge in [-0.05, 0) is 25.0 Å². The summed E-state index contributed by atoms with van der Waals surface area (Å²) in [6.45, 7) is 0. The first-order valence-corrected chi connectivity index (χ1v) is 7.70. The van der Waals surface area contributed by atoms with Crippen molar-refractivity contribution in [3.8, 4) is 10.7 Å². The van der Waals surface area contributed by atoms with Crippen LogP contribution in [0.15, 0.2) is 24.4 Å². The van der Waals surface area contributed by atoms with Crippen LogP contribution in [0.4, 0.5) is 5.13 Å². The highest BCUT2D eigenvalue weighted by Gasteiger charge is 2.22. The second-order valence-electron chi connectivity index (χ2n) is 4.95. The third kappa shape index (κ3) is 3.01. The highest BCUT2D eigenvalue weighted by atomic mass is 32.1. The van der Waals surface area contributed by atoms with Crippen LogP contribution in [0.25, 0.3) is 10.7 Å². The molecule has 104 valence electrons. The second-order valence-corrected chi connectivity index (χ2v) is 5.93. The first kappa shape index (κ1) is 13.2. The van der Waals surface area contributed by atoms with Crippen LogP contribution in [0.1, 0.15) is 32.1 Å². The number of anilines is 1. The lowest BCUT2D eigenvalue weighted by Crippen LogP contribution is -2.24. The van der Waals surface area contributed by atoms with Gasteiger partial charge in [0.2, 0.25) is 11.0 Å². The number of amides is 1. The van der Waals surface area contributed by atoms with E-state index in [1.807, 2.05) is 18.2 Å². The quantitative estimate of drug-likeness (QED) is 0.942. The number of carbonyl (C=O) groups is 1. The summed E-state index contributed by atoms with van der Waals surface area (Å²) in [5.41, 5.74) is 0.781. The van der Waals surface area contributed by atoms with E-state index >= 15 is 0 Å². The van der Waals surface area contributed by atoms with Crippen molar-refractivity contribution in [3.05, 3.63) is 24.4 Å². The van der Waals surface area contributed by atoms with Crippen molar-refractivity contribution in [2.75, 3.05) is 5.32 Å². The third-order valence-electron chi connectivity index (χ3n) is 3.52. The molecule has 0 radical (unpaired) electrons. The molecule has 1 N–H and O–H groups in total. The van der Waals surface area contributed by atoms with E-state index in [0.717, 1.165) is 36.4 Å². The molecule has 6 heteroatoms. The second kappa shape index (κ2) is 6.09. The van der Waals surface area contributed by atoms with E-state index in [1.54, 1.807) is 6.20 Å². The Morgan fingerprint density at radius 3 is 2.80 bits per heavy atom. The number of nitrogens with zero attached hydrogens (tertiary/aromatic N) is 3. The highest BCUT2D eigenvalue weighted by molar-refractivity contribution is 7.18. The number of pyridine rings is 1. The fraction of sp³-hybridized carbons (Fsp3) is 0.429. The maximum Gasteiger partial charge on any atom is 0.229 e. The number of rotatable bonds is 3. The van der Waals surface area contributed by atoms with Crippen LogP contribution in [0, 0.1) is 5.92 Å². The first-order chi connectivity index (χ1) is 9.83. The summed E-state index contributed by atoms with van der Waals surface area (Å²) in [7, 11) is 0. The zero-order valence-corrected chi connectivity index (χ0v) is 11.9. The van der Waals surface area contributed by atoms with Crippen molar-refractivity contribution in [2.45, 2.75) is 32.1 Å². The Morgan fingerprint density at radius 2 is 2.05 bits per heavy atom. The minimum absolute atomic E-state index is 0.0772. The minimum atomic E-state index is 0.0772. The van der Waals surface area contributed by atoms with Gasteiger partial charge in [-0.15, -0.1) is 10.2 Å². The molecule has 0 unspecified atom stereocenters. The highest BCUT2D eigenvalue weighted by Crippen LogP contribution is 2.27. The van der Waals surface area contributed by atoms with Crippen LogP contribution >= 0.6 is 11.3 Å². The summed E-state index contributed by atoms with van der Waals surface area (Å²) < 4.78 is 0. The molecule has 2 aromatic rings. The van der Waals surface area contributed by atoms with E-state index in [-0.39, 0.29) is 11.8 Å². The van der Waals surface area contributed by atoms with Crippen LogP contribution in [0.5, 0.6) is 0 Å². The van der Waals surface area contributed by atoms with Crippen LogP contribution in [-0.2, 0) is 4.79 Å². The zero-order chi connectivity index (χ0) is 13.8. The average Bonchev–Trinajstić information content (AvgIpc) is 2.97. The molecule has 3 rings (SSSR count). The van der Waals surface area contributed by atoms with E-state index in [9.17, 15) is 4.79 Å². The van der Waals surface area contributed by atoms with Crippen molar-refractivity contribution in [3.63, 3.8) is 0 Å². The van der Waals surface area contributed by atoms with Crippen molar-refractivity contribution >= 4 is 22.4 Å². The van der Waals surface area contributed by atoms with E-state index in [4.69, 9.17) is 0 Å². The van der Waals surface area contributed by atoms with Gasteiger partial charge < -0.3 is 5.32 Å². The summed E-state index contributed by atoms with van der Waals surface area (Å²) in [6.07, 6.45) is 7.22. The molecule has 5 nitrogen and oxygen atoms in total. The van der Waals surface area contributed by atoms with Gasteiger partial charge in [-0.25, -0.2) is 0 Å². The Bertz CT molecular complexity index is 578. The molecule has 0 aliphatic heterocycles. The predicted molar refractivity (Wildman–Crippen MR) is 78.3 cm³/mol. The Hall–Kier alpha value is -1.82. The van der Waals surface area contributed by atoms with E-state index in [2.05, 4.69) is 20.5 Å². The topological polar surface area (TPSA) is 67.8 Å². The minimum Gasteiger partial charge on any atom is -0.300 e. The Morgan fingerprint density at radius 1 is 1.20 bits per heavy atom. The van der Waals surface area contributed by atoms with Crippen LogP contribution < -0.4 is 5.32 Å². The van der Waals surface area contributed by atoms with Gasteiger partial charge in [0, 0.05) is 12.1 Å². The monoisotopic (exact) mass is 288 g/mol. The Labute approximate surface area is 121 Å². The van der Waals surface area contributed by atoms with Gasteiger partial charge >= 0.3 is 0 Å². The van der Waals surface area contributed by atoms with Crippen molar-refractivity contribution < 1.29 is 4.79 Å². The number of hydrogen-bond acceptors (Lipinski definition) is 5. The maximum atomic E-state index is 12.1. The molecule has 0 atom stereocenters. The predicted octanol–water partition coefficient (Wildman–Crippen LogP) is 3.12. The lowest BCUT2D eigenvalue weighted by Gasteiger charge is -2.19. The summed E-state index contributed by atoms with van der Waals surface area (Å²) >= 11 is 1.36. The Kier molecular flexibility index (Phi) is 4.01. The zero-order valence-electron chi connectivity index (χ0n) is 11.1. The smallest absolute Gasteiger partial charge is 0.229 e. The largest absolute Gasteiger partial charge is 0.300 e. The number of nitrogens with one attached hydrogen (secondary N) is 1. The van der Waals surface area contributed by atoms with Gasteiger partial charge in [0.1, 0.15) is 5.69 Å². The van der Waals surface area contributed by atoms with E-state index in [1.165, 1.54) is 17.8 Å². The van der Waals surface area contributed by atoms with Crippen LogP contribution in [0.3, 0.4) is 0 Å². The van der Waals surface area contributed by atoms with Crippen LogP contribution in [0.2, 0.25) is 0 Å². The van der Waals surface area contributed by atoms with Gasteiger partial charge in [0.05, 0.1) is 0 Å². The SMILES string of the molecule is O=C(Nc1nnc(-c2ccccn2)s1)C1CCCCC1. The molecule has 20 heavy (non-hydrogen) atoms. The average molecular weight is 288 g/mol. The Balaban J connectivity index is 1.66. The lowest BCUT2D eigenvalue weighted by atomic mass is 9.89. The van der Waals surface area contributed by atoms with E-state index in [0.29, 0.717) is 5.13 Å². The molecule has 0 aromatic carbocycles. The molecular weight excluding hydrogens is 272 g/mol. The third-order valence-corrected chi connectivity index (χ3v) is 4.38. The molecule has 1 amide bonds.